The molecule has 1 saturated heterocycles. The van der Waals surface area contributed by atoms with E-state index in [9.17, 15) is 22.8 Å². The van der Waals surface area contributed by atoms with E-state index in [4.69, 9.17) is 15.9 Å². The molecule has 2 aromatic rings. The van der Waals surface area contributed by atoms with E-state index in [-0.39, 0.29) is 42.3 Å². The van der Waals surface area contributed by atoms with E-state index in [1.54, 1.807) is 30.0 Å². The monoisotopic (exact) mass is 602 g/mol. The van der Waals surface area contributed by atoms with Gasteiger partial charge in [0.15, 0.2) is 5.96 Å². The Kier molecular flexibility index (Phi) is 11.7. The number of nitrogens with one attached hydrogen (secondary N) is 4. The average Bonchev–Trinajstić information content (AvgIpc) is 2.95. The van der Waals surface area contributed by atoms with Crippen molar-refractivity contribution in [2.75, 3.05) is 26.2 Å². The summed E-state index contributed by atoms with van der Waals surface area (Å²) in [4.78, 5) is 40.7. The molecule has 13 heteroatoms. The number of ether oxygens (including phenoxy) is 1. The number of rotatable bonds is 13. The number of esters is 1. The van der Waals surface area contributed by atoms with E-state index in [1.165, 1.54) is 12.1 Å². The summed E-state index contributed by atoms with van der Waals surface area (Å²) in [5.41, 5.74) is 5.61. The number of sulfonamides is 1. The molecule has 1 fully saturated rings. The standard InChI is InChI=1S/C29H42N6O6S/c1-4-41-28(38)25(14-19(2)3)33-27(37)24(16-26(36)32-17-20-8-7-13-35(18-20)29(30)31)34-42(39,40)23-12-11-21-9-5-6-10-22(21)15-23/h5-6,9-12,15,19-20,24-25,34H,4,7-8,13-14,16-18H2,1-3H3,(H3,30,31)(H,32,36)(H,33,37)/t20?,24-,25-/m0/s1. The Morgan fingerprint density at radius 2 is 1.83 bits per heavy atom. The van der Waals surface area contributed by atoms with Gasteiger partial charge in [0.2, 0.25) is 21.8 Å². The van der Waals surface area contributed by atoms with Crippen LogP contribution < -0.4 is 21.1 Å². The molecule has 0 radical (unpaired) electrons. The molecule has 0 aliphatic carbocycles. The third-order valence-corrected chi connectivity index (χ3v) is 8.55. The summed E-state index contributed by atoms with van der Waals surface area (Å²) in [7, 11) is -4.23. The van der Waals surface area contributed by atoms with Crippen LogP contribution in [-0.4, -0.2) is 75.4 Å². The molecule has 3 atom stereocenters. The predicted molar refractivity (Wildman–Crippen MR) is 160 cm³/mol. The zero-order valence-corrected chi connectivity index (χ0v) is 25.2. The zero-order chi connectivity index (χ0) is 30.9. The second kappa shape index (κ2) is 15.0. The SMILES string of the molecule is CCOC(=O)[C@H](CC(C)C)NC(=O)[C@H](CC(=O)NCC1CCCN(C(=N)N)C1)NS(=O)(=O)c1ccc2ccccc2c1. The number of carbonyl (C=O) groups is 3. The van der Waals surface area contributed by atoms with Crippen molar-refractivity contribution >= 4 is 44.5 Å². The van der Waals surface area contributed by atoms with Gasteiger partial charge in [-0.2, -0.15) is 4.72 Å². The number of hydrogen-bond acceptors (Lipinski definition) is 7. The number of piperidine rings is 1. The van der Waals surface area contributed by atoms with Crippen molar-refractivity contribution in [2.45, 2.75) is 63.4 Å². The molecule has 0 spiro atoms. The topological polar surface area (TPSA) is 184 Å². The summed E-state index contributed by atoms with van der Waals surface area (Å²) in [5.74, 6) is -1.93. The fraction of sp³-hybridized carbons (Fsp3) is 0.517. The molecular weight excluding hydrogens is 560 g/mol. The number of nitrogens with zero attached hydrogens (tertiary/aromatic N) is 1. The van der Waals surface area contributed by atoms with Gasteiger partial charge < -0.3 is 26.0 Å². The molecule has 0 bridgehead atoms. The Hall–Kier alpha value is -3.71. The number of hydrogen-bond donors (Lipinski definition) is 5. The van der Waals surface area contributed by atoms with Crippen molar-refractivity contribution in [3.63, 3.8) is 0 Å². The molecule has 0 saturated carbocycles. The minimum Gasteiger partial charge on any atom is -0.464 e. The van der Waals surface area contributed by atoms with Crippen molar-refractivity contribution in [2.24, 2.45) is 17.6 Å². The molecule has 12 nitrogen and oxygen atoms in total. The van der Waals surface area contributed by atoms with Crippen LogP contribution in [0.25, 0.3) is 10.8 Å². The lowest BCUT2D eigenvalue weighted by molar-refractivity contribution is -0.148. The van der Waals surface area contributed by atoms with Crippen LogP contribution in [0.2, 0.25) is 0 Å². The summed E-state index contributed by atoms with van der Waals surface area (Å²) in [6.07, 6.45) is 1.44. The van der Waals surface area contributed by atoms with Crippen LogP contribution in [0.3, 0.4) is 0 Å². The molecule has 2 amide bonds. The van der Waals surface area contributed by atoms with Crippen LogP contribution in [0, 0.1) is 17.2 Å². The van der Waals surface area contributed by atoms with Crippen molar-refractivity contribution in [1.82, 2.24) is 20.3 Å². The molecular formula is C29H42N6O6S. The molecule has 2 aromatic carbocycles. The maximum atomic E-state index is 13.5. The zero-order valence-electron chi connectivity index (χ0n) is 24.4. The molecule has 230 valence electrons. The maximum Gasteiger partial charge on any atom is 0.328 e. The van der Waals surface area contributed by atoms with Crippen LogP contribution in [-0.2, 0) is 29.1 Å². The second-order valence-corrected chi connectivity index (χ2v) is 12.7. The Bertz CT molecular complexity index is 1380. The number of likely N-dealkylation sites (tertiary alicyclic amines) is 1. The third-order valence-electron chi connectivity index (χ3n) is 7.08. The number of guanidine groups is 1. The Morgan fingerprint density at radius 1 is 1.12 bits per heavy atom. The van der Waals surface area contributed by atoms with E-state index in [2.05, 4.69) is 15.4 Å². The summed E-state index contributed by atoms with van der Waals surface area (Å²) >= 11 is 0. The highest BCUT2D eigenvalue weighted by Gasteiger charge is 2.32. The Morgan fingerprint density at radius 3 is 2.50 bits per heavy atom. The third kappa shape index (κ3) is 9.41. The Labute approximate surface area is 247 Å². The number of nitrogens with two attached hydrogens (primary N) is 1. The second-order valence-electron chi connectivity index (χ2n) is 11.0. The first kappa shape index (κ1) is 32.8. The summed E-state index contributed by atoms with van der Waals surface area (Å²) < 4.78 is 34.3. The highest BCUT2D eigenvalue weighted by atomic mass is 32.2. The number of benzene rings is 2. The smallest absolute Gasteiger partial charge is 0.328 e. The van der Waals surface area contributed by atoms with E-state index >= 15 is 0 Å². The summed E-state index contributed by atoms with van der Waals surface area (Å²) in [5, 5.41) is 14.6. The first-order chi connectivity index (χ1) is 19.9. The first-order valence-electron chi connectivity index (χ1n) is 14.2. The summed E-state index contributed by atoms with van der Waals surface area (Å²) in [6, 6.07) is 9.36. The average molecular weight is 603 g/mol. The number of fused-ring (bicyclic) bond motifs is 1. The Balaban J connectivity index is 1.79. The minimum absolute atomic E-state index is 0.0246. The minimum atomic E-state index is -4.23. The molecule has 42 heavy (non-hydrogen) atoms. The van der Waals surface area contributed by atoms with Crippen molar-refractivity contribution in [3.8, 4) is 0 Å². The van der Waals surface area contributed by atoms with E-state index in [1.807, 2.05) is 26.0 Å². The van der Waals surface area contributed by atoms with Gasteiger partial charge in [-0.15, -0.1) is 0 Å². The number of amides is 2. The molecule has 0 aromatic heterocycles. The van der Waals surface area contributed by atoms with E-state index in [0.717, 1.165) is 18.2 Å². The van der Waals surface area contributed by atoms with E-state index < -0.39 is 46.3 Å². The fourth-order valence-corrected chi connectivity index (χ4v) is 6.17. The van der Waals surface area contributed by atoms with Gasteiger partial charge in [-0.1, -0.05) is 44.2 Å². The maximum absolute atomic E-state index is 13.5. The first-order valence-corrected chi connectivity index (χ1v) is 15.7. The lowest BCUT2D eigenvalue weighted by Gasteiger charge is -2.33. The van der Waals surface area contributed by atoms with Gasteiger partial charge in [0.05, 0.1) is 17.9 Å². The molecule has 1 heterocycles. The van der Waals surface area contributed by atoms with Gasteiger partial charge in [-0.05, 0) is 60.9 Å². The largest absolute Gasteiger partial charge is 0.464 e. The van der Waals surface area contributed by atoms with Gasteiger partial charge in [0, 0.05) is 19.6 Å². The van der Waals surface area contributed by atoms with E-state index in [0.29, 0.717) is 18.5 Å². The molecule has 1 unspecified atom stereocenters. The highest BCUT2D eigenvalue weighted by Crippen LogP contribution is 2.20. The predicted octanol–water partition coefficient (Wildman–Crippen LogP) is 1.69. The van der Waals surface area contributed by atoms with Gasteiger partial charge in [0.25, 0.3) is 0 Å². The van der Waals surface area contributed by atoms with Crippen molar-refractivity contribution < 1.29 is 27.5 Å². The van der Waals surface area contributed by atoms with Crippen LogP contribution in [0.4, 0.5) is 0 Å². The summed E-state index contributed by atoms with van der Waals surface area (Å²) in [6.45, 7) is 7.01. The van der Waals surface area contributed by atoms with Crippen LogP contribution in [0.5, 0.6) is 0 Å². The quantitative estimate of drug-likeness (QED) is 0.130. The van der Waals surface area contributed by atoms with Gasteiger partial charge in [-0.25, -0.2) is 13.2 Å². The van der Waals surface area contributed by atoms with Gasteiger partial charge in [0.1, 0.15) is 12.1 Å². The fourth-order valence-electron chi connectivity index (χ4n) is 4.94. The van der Waals surface area contributed by atoms with Crippen molar-refractivity contribution in [1.29, 1.82) is 5.41 Å². The highest BCUT2D eigenvalue weighted by molar-refractivity contribution is 7.89. The van der Waals surface area contributed by atoms with Crippen molar-refractivity contribution in [3.05, 3.63) is 42.5 Å². The van der Waals surface area contributed by atoms with Gasteiger partial charge in [-0.3, -0.25) is 15.0 Å². The van der Waals surface area contributed by atoms with Crippen LogP contribution in [0.15, 0.2) is 47.4 Å². The van der Waals surface area contributed by atoms with Crippen LogP contribution in [0.1, 0.15) is 46.5 Å². The molecule has 1 aliphatic heterocycles. The van der Waals surface area contributed by atoms with Crippen LogP contribution >= 0.6 is 0 Å². The van der Waals surface area contributed by atoms with Gasteiger partial charge >= 0.3 is 5.97 Å². The lowest BCUT2D eigenvalue weighted by Crippen LogP contribution is -2.53. The molecule has 1 aliphatic rings. The lowest BCUT2D eigenvalue weighted by atomic mass is 9.98. The normalized spacial score (nSPS) is 17.0. The molecule has 3 rings (SSSR count). The number of carbonyl (C=O) groups excluding carboxylic acids is 3. The molecule has 6 N–H and O–H groups in total.